The molecule has 1 heterocycles. The third kappa shape index (κ3) is 1.84. The van der Waals surface area contributed by atoms with E-state index in [1.165, 1.54) is 6.20 Å². The van der Waals surface area contributed by atoms with Crippen molar-refractivity contribution in [1.82, 2.24) is 9.97 Å². The normalized spacial score (nSPS) is 9.40. The summed E-state index contributed by atoms with van der Waals surface area (Å²) in [4.78, 5) is 7.80. The standard InChI is InChI=1S/C6H8ClN3/c1-2-8-6-4-9-5(7)3-10-6/h3-4H,2H2,1H3,(H,8,10). The van der Waals surface area contributed by atoms with E-state index in [1.54, 1.807) is 6.20 Å². The lowest BCUT2D eigenvalue weighted by Gasteiger charge is -1.98. The minimum atomic E-state index is 0.418. The van der Waals surface area contributed by atoms with Gasteiger partial charge in [-0.1, -0.05) is 11.6 Å². The van der Waals surface area contributed by atoms with Crippen LogP contribution in [-0.4, -0.2) is 16.5 Å². The van der Waals surface area contributed by atoms with E-state index in [1.807, 2.05) is 6.92 Å². The molecule has 0 aliphatic carbocycles. The minimum absolute atomic E-state index is 0.418. The number of hydrogen-bond donors (Lipinski definition) is 1. The molecule has 0 aromatic carbocycles. The highest BCUT2D eigenvalue weighted by molar-refractivity contribution is 6.29. The average Bonchev–Trinajstić information content (AvgIpc) is 1.95. The zero-order valence-electron chi connectivity index (χ0n) is 5.63. The van der Waals surface area contributed by atoms with Gasteiger partial charge in [-0.2, -0.15) is 0 Å². The summed E-state index contributed by atoms with van der Waals surface area (Å²) in [6.07, 6.45) is 3.12. The number of rotatable bonds is 2. The molecule has 0 aliphatic rings. The van der Waals surface area contributed by atoms with Crippen molar-refractivity contribution in [2.75, 3.05) is 11.9 Å². The van der Waals surface area contributed by atoms with E-state index in [2.05, 4.69) is 15.3 Å². The average molecular weight is 158 g/mol. The topological polar surface area (TPSA) is 37.8 Å². The first-order chi connectivity index (χ1) is 4.83. The van der Waals surface area contributed by atoms with Crippen molar-refractivity contribution in [3.05, 3.63) is 17.5 Å². The number of anilines is 1. The number of nitrogens with one attached hydrogen (secondary N) is 1. The SMILES string of the molecule is CCNc1cnc(Cl)cn1. The third-order valence-electron chi connectivity index (χ3n) is 0.978. The maximum absolute atomic E-state index is 5.51. The maximum atomic E-state index is 5.51. The molecule has 1 aromatic heterocycles. The Morgan fingerprint density at radius 2 is 2.30 bits per heavy atom. The van der Waals surface area contributed by atoms with Gasteiger partial charge in [-0.05, 0) is 6.92 Å². The fraction of sp³-hybridized carbons (Fsp3) is 0.333. The molecule has 4 heteroatoms. The Hall–Kier alpha value is -0.830. The van der Waals surface area contributed by atoms with Crippen molar-refractivity contribution in [3.8, 4) is 0 Å². The van der Waals surface area contributed by atoms with Gasteiger partial charge in [0.1, 0.15) is 11.0 Å². The van der Waals surface area contributed by atoms with Crippen molar-refractivity contribution >= 4 is 17.4 Å². The second-order valence-corrected chi connectivity index (χ2v) is 2.14. The molecule has 0 unspecified atom stereocenters. The molecule has 1 rings (SSSR count). The van der Waals surface area contributed by atoms with Crippen molar-refractivity contribution in [2.24, 2.45) is 0 Å². The largest absolute Gasteiger partial charge is 0.369 e. The molecule has 54 valence electrons. The fourth-order valence-corrected chi connectivity index (χ4v) is 0.682. The second kappa shape index (κ2) is 3.37. The number of halogens is 1. The Bertz CT molecular complexity index is 197. The smallest absolute Gasteiger partial charge is 0.147 e. The lowest BCUT2D eigenvalue weighted by Crippen LogP contribution is -1.98. The predicted molar refractivity (Wildman–Crippen MR) is 41.2 cm³/mol. The Labute approximate surface area is 64.5 Å². The van der Waals surface area contributed by atoms with Crippen LogP contribution < -0.4 is 5.32 Å². The van der Waals surface area contributed by atoms with Crippen LogP contribution in [0.25, 0.3) is 0 Å². The van der Waals surface area contributed by atoms with Crippen LogP contribution in [0.2, 0.25) is 5.15 Å². The van der Waals surface area contributed by atoms with E-state index in [9.17, 15) is 0 Å². The molecule has 0 fully saturated rings. The Balaban J connectivity index is 2.69. The van der Waals surface area contributed by atoms with Gasteiger partial charge in [0.05, 0.1) is 12.4 Å². The summed E-state index contributed by atoms with van der Waals surface area (Å²) >= 11 is 5.51. The Kier molecular flexibility index (Phi) is 2.45. The van der Waals surface area contributed by atoms with Crippen molar-refractivity contribution in [1.29, 1.82) is 0 Å². The predicted octanol–water partition coefficient (Wildman–Crippen LogP) is 1.56. The molecular formula is C6H8ClN3. The van der Waals surface area contributed by atoms with E-state index >= 15 is 0 Å². The van der Waals surface area contributed by atoms with Crippen LogP contribution >= 0.6 is 11.6 Å². The molecule has 10 heavy (non-hydrogen) atoms. The van der Waals surface area contributed by atoms with Gasteiger partial charge in [-0.3, -0.25) is 0 Å². The van der Waals surface area contributed by atoms with Gasteiger partial charge >= 0.3 is 0 Å². The molecular weight excluding hydrogens is 150 g/mol. The van der Waals surface area contributed by atoms with Gasteiger partial charge in [0, 0.05) is 6.54 Å². The molecule has 0 saturated carbocycles. The zero-order chi connectivity index (χ0) is 7.40. The van der Waals surface area contributed by atoms with E-state index in [4.69, 9.17) is 11.6 Å². The lowest BCUT2D eigenvalue weighted by molar-refractivity contribution is 1.12. The van der Waals surface area contributed by atoms with Crippen LogP contribution in [0, 0.1) is 0 Å². The lowest BCUT2D eigenvalue weighted by atomic mass is 10.6. The summed E-state index contributed by atoms with van der Waals surface area (Å²) in [6.45, 7) is 2.84. The molecule has 0 atom stereocenters. The first-order valence-electron chi connectivity index (χ1n) is 3.04. The highest BCUT2D eigenvalue weighted by Gasteiger charge is 1.90. The van der Waals surface area contributed by atoms with Crippen LogP contribution in [0.5, 0.6) is 0 Å². The van der Waals surface area contributed by atoms with Gasteiger partial charge in [-0.15, -0.1) is 0 Å². The molecule has 0 saturated heterocycles. The zero-order valence-corrected chi connectivity index (χ0v) is 6.39. The Morgan fingerprint density at radius 3 is 2.80 bits per heavy atom. The summed E-state index contributed by atoms with van der Waals surface area (Å²) in [7, 11) is 0. The summed E-state index contributed by atoms with van der Waals surface area (Å²) < 4.78 is 0. The van der Waals surface area contributed by atoms with E-state index in [-0.39, 0.29) is 0 Å². The van der Waals surface area contributed by atoms with E-state index in [0.29, 0.717) is 5.15 Å². The summed E-state index contributed by atoms with van der Waals surface area (Å²) in [6, 6.07) is 0. The highest BCUT2D eigenvalue weighted by Crippen LogP contribution is 2.03. The summed E-state index contributed by atoms with van der Waals surface area (Å²) in [5.74, 6) is 0.756. The fourth-order valence-electron chi connectivity index (χ4n) is 0.585. The number of hydrogen-bond acceptors (Lipinski definition) is 3. The van der Waals surface area contributed by atoms with Crippen LogP contribution in [0.3, 0.4) is 0 Å². The third-order valence-corrected chi connectivity index (χ3v) is 1.17. The van der Waals surface area contributed by atoms with Gasteiger partial charge in [0.25, 0.3) is 0 Å². The maximum Gasteiger partial charge on any atom is 0.147 e. The monoisotopic (exact) mass is 157 g/mol. The van der Waals surface area contributed by atoms with Crippen LogP contribution in [0.1, 0.15) is 6.92 Å². The van der Waals surface area contributed by atoms with Crippen LogP contribution in [-0.2, 0) is 0 Å². The molecule has 3 nitrogen and oxygen atoms in total. The van der Waals surface area contributed by atoms with E-state index < -0.39 is 0 Å². The van der Waals surface area contributed by atoms with Gasteiger partial charge < -0.3 is 5.32 Å². The van der Waals surface area contributed by atoms with Crippen molar-refractivity contribution in [2.45, 2.75) is 6.92 Å². The minimum Gasteiger partial charge on any atom is -0.369 e. The quantitative estimate of drug-likeness (QED) is 0.708. The molecule has 1 aromatic rings. The van der Waals surface area contributed by atoms with Crippen molar-refractivity contribution < 1.29 is 0 Å². The summed E-state index contributed by atoms with van der Waals surface area (Å²) in [5.41, 5.74) is 0. The molecule has 0 spiro atoms. The Morgan fingerprint density at radius 1 is 1.50 bits per heavy atom. The highest BCUT2D eigenvalue weighted by atomic mass is 35.5. The molecule has 1 N–H and O–H groups in total. The van der Waals surface area contributed by atoms with Gasteiger partial charge in [0.15, 0.2) is 0 Å². The molecule has 0 radical (unpaired) electrons. The summed E-state index contributed by atoms with van der Waals surface area (Å²) in [5, 5.41) is 3.42. The number of aromatic nitrogens is 2. The van der Waals surface area contributed by atoms with Crippen LogP contribution in [0.4, 0.5) is 5.82 Å². The van der Waals surface area contributed by atoms with Crippen molar-refractivity contribution in [3.63, 3.8) is 0 Å². The van der Waals surface area contributed by atoms with E-state index in [0.717, 1.165) is 12.4 Å². The first-order valence-corrected chi connectivity index (χ1v) is 3.42. The molecule has 0 bridgehead atoms. The van der Waals surface area contributed by atoms with Gasteiger partial charge in [-0.25, -0.2) is 9.97 Å². The number of nitrogens with zero attached hydrogens (tertiary/aromatic N) is 2. The van der Waals surface area contributed by atoms with Crippen LogP contribution in [0.15, 0.2) is 12.4 Å². The second-order valence-electron chi connectivity index (χ2n) is 1.75. The van der Waals surface area contributed by atoms with Gasteiger partial charge in [0.2, 0.25) is 0 Å². The molecule has 0 aliphatic heterocycles. The molecule has 0 amide bonds. The first kappa shape index (κ1) is 7.28.